The highest BCUT2D eigenvalue weighted by molar-refractivity contribution is 5.85. The molecule has 1 aromatic rings. The minimum absolute atomic E-state index is 0. The number of rotatable bonds is 3. The molecular weight excluding hydrogens is 178 g/mol. The predicted molar refractivity (Wildman–Crippen MR) is 48.0 cm³/mol. The Hall–Kier alpha value is -0.610. The van der Waals surface area contributed by atoms with Crippen LogP contribution in [0.15, 0.2) is 4.52 Å². The highest BCUT2D eigenvalue weighted by atomic mass is 35.5. The number of hydrogen-bond acceptors (Lipinski definition) is 4. The van der Waals surface area contributed by atoms with E-state index in [0.29, 0.717) is 24.2 Å². The lowest BCUT2D eigenvalue weighted by Crippen LogP contribution is -1.99. The second-order valence-corrected chi connectivity index (χ2v) is 2.91. The highest BCUT2D eigenvalue weighted by Crippen LogP contribution is 2.04. The molecule has 0 amide bonds. The van der Waals surface area contributed by atoms with Gasteiger partial charge in [0.25, 0.3) is 0 Å². The van der Waals surface area contributed by atoms with Crippen molar-refractivity contribution in [1.29, 1.82) is 0 Å². The first-order chi connectivity index (χ1) is 5.22. The molecule has 1 rings (SSSR count). The molecular formula is C7H14ClN3O. The van der Waals surface area contributed by atoms with Gasteiger partial charge in [0.2, 0.25) is 5.89 Å². The zero-order chi connectivity index (χ0) is 8.27. The van der Waals surface area contributed by atoms with Gasteiger partial charge in [-0.15, -0.1) is 12.4 Å². The van der Waals surface area contributed by atoms with E-state index in [-0.39, 0.29) is 12.4 Å². The largest absolute Gasteiger partial charge is 0.339 e. The van der Waals surface area contributed by atoms with Gasteiger partial charge in [0.15, 0.2) is 5.82 Å². The molecule has 12 heavy (non-hydrogen) atoms. The summed E-state index contributed by atoms with van der Waals surface area (Å²) in [5, 5.41) is 3.68. The molecule has 0 aliphatic rings. The fourth-order valence-electron chi connectivity index (χ4n) is 0.805. The van der Waals surface area contributed by atoms with Crippen LogP contribution in [-0.4, -0.2) is 10.1 Å². The normalized spacial score (nSPS) is 10.0. The van der Waals surface area contributed by atoms with Crippen molar-refractivity contribution < 1.29 is 4.52 Å². The molecule has 0 spiro atoms. The highest BCUT2D eigenvalue weighted by Gasteiger charge is 2.05. The van der Waals surface area contributed by atoms with Crippen LogP contribution in [0.3, 0.4) is 0 Å². The van der Waals surface area contributed by atoms with Gasteiger partial charge in [-0.05, 0) is 5.92 Å². The summed E-state index contributed by atoms with van der Waals surface area (Å²) in [6, 6.07) is 0. The van der Waals surface area contributed by atoms with Crippen molar-refractivity contribution in [1.82, 2.24) is 10.1 Å². The Morgan fingerprint density at radius 1 is 1.50 bits per heavy atom. The molecule has 0 saturated carbocycles. The quantitative estimate of drug-likeness (QED) is 0.779. The first-order valence-electron chi connectivity index (χ1n) is 3.74. The van der Waals surface area contributed by atoms with Crippen LogP contribution < -0.4 is 5.73 Å². The second-order valence-electron chi connectivity index (χ2n) is 2.91. The third-order valence-corrected chi connectivity index (χ3v) is 1.28. The number of nitrogens with two attached hydrogens (primary N) is 1. The molecule has 0 unspecified atom stereocenters. The lowest BCUT2D eigenvalue weighted by atomic mass is 10.1. The molecule has 2 N–H and O–H groups in total. The Morgan fingerprint density at radius 3 is 2.58 bits per heavy atom. The zero-order valence-corrected chi connectivity index (χ0v) is 8.10. The summed E-state index contributed by atoms with van der Waals surface area (Å²) in [7, 11) is 0. The monoisotopic (exact) mass is 191 g/mol. The van der Waals surface area contributed by atoms with Crippen molar-refractivity contribution in [2.45, 2.75) is 26.8 Å². The molecule has 5 heteroatoms. The smallest absolute Gasteiger partial charge is 0.226 e. The van der Waals surface area contributed by atoms with Crippen LogP contribution in [0.4, 0.5) is 0 Å². The van der Waals surface area contributed by atoms with Crippen LogP contribution in [-0.2, 0) is 13.0 Å². The first kappa shape index (κ1) is 11.4. The van der Waals surface area contributed by atoms with Crippen molar-refractivity contribution in [2.75, 3.05) is 0 Å². The van der Waals surface area contributed by atoms with E-state index in [2.05, 4.69) is 24.0 Å². The van der Waals surface area contributed by atoms with Crippen LogP contribution in [0.25, 0.3) is 0 Å². The van der Waals surface area contributed by atoms with Gasteiger partial charge < -0.3 is 10.3 Å². The molecule has 1 aromatic heterocycles. The molecule has 70 valence electrons. The maximum absolute atomic E-state index is 5.31. The Kier molecular flexibility index (Phi) is 4.85. The van der Waals surface area contributed by atoms with Crippen molar-refractivity contribution in [3.63, 3.8) is 0 Å². The lowest BCUT2D eigenvalue weighted by molar-refractivity contribution is 0.359. The van der Waals surface area contributed by atoms with Gasteiger partial charge in [0, 0.05) is 6.42 Å². The predicted octanol–water partition coefficient (Wildman–Crippen LogP) is 1.15. The molecule has 0 saturated heterocycles. The Morgan fingerprint density at radius 2 is 2.17 bits per heavy atom. The molecule has 0 fully saturated rings. The molecule has 0 atom stereocenters. The maximum Gasteiger partial charge on any atom is 0.226 e. The SMILES string of the molecule is CC(C)Cc1nc(CN)no1.Cl. The summed E-state index contributed by atoms with van der Waals surface area (Å²) in [4.78, 5) is 4.07. The van der Waals surface area contributed by atoms with Crippen molar-refractivity contribution in [3.05, 3.63) is 11.7 Å². The van der Waals surface area contributed by atoms with E-state index >= 15 is 0 Å². The van der Waals surface area contributed by atoms with Crippen molar-refractivity contribution >= 4 is 12.4 Å². The number of halogens is 1. The number of nitrogens with zero attached hydrogens (tertiary/aromatic N) is 2. The Bertz CT molecular complexity index is 224. The fourth-order valence-corrected chi connectivity index (χ4v) is 0.805. The number of hydrogen-bond donors (Lipinski definition) is 1. The van der Waals surface area contributed by atoms with E-state index in [9.17, 15) is 0 Å². The molecule has 1 heterocycles. The Labute approximate surface area is 77.9 Å². The third-order valence-electron chi connectivity index (χ3n) is 1.28. The van der Waals surface area contributed by atoms with Gasteiger partial charge in [-0.25, -0.2) is 0 Å². The molecule has 0 aromatic carbocycles. The van der Waals surface area contributed by atoms with Crippen LogP contribution >= 0.6 is 12.4 Å². The van der Waals surface area contributed by atoms with E-state index in [1.54, 1.807) is 0 Å². The van der Waals surface area contributed by atoms with Gasteiger partial charge in [-0.1, -0.05) is 19.0 Å². The van der Waals surface area contributed by atoms with Crippen LogP contribution in [0, 0.1) is 5.92 Å². The van der Waals surface area contributed by atoms with Gasteiger partial charge in [-0.2, -0.15) is 4.98 Å². The topological polar surface area (TPSA) is 64.9 Å². The van der Waals surface area contributed by atoms with Gasteiger partial charge in [0.1, 0.15) is 0 Å². The standard InChI is InChI=1S/C7H13N3O.ClH/c1-5(2)3-7-9-6(4-8)10-11-7;/h5H,3-4,8H2,1-2H3;1H. The molecule has 0 bridgehead atoms. The third kappa shape index (κ3) is 3.19. The first-order valence-corrected chi connectivity index (χ1v) is 3.74. The molecule has 0 aliphatic carbocycles. The van der Waals surface area contributed by atoms with Crippen molar-refractivity contribution in [2.24, 2.45) is 11.7 Å². The minimum atomic E-state index is 0. The summed E-state index contributed by atoms with van der Waals surface area (Å²) in [6.07, 6.45) is 0.826. The summed E-state index contributed by atoms with van der Waals surface area (Å²) in [6.45, 7) is 4.56. The van der Waals surface area contributed by atoms with Crippen LogP contribution in [0.5, 0.6) is 0 Å². The van der Waals surface area contributed by atoms with E-state index in [1.165, 1.54) is 0 Å². The fraction of sp³-hybridized carbons (Fsp3) is 0.714. The zero-order valence-electron chi connectivity index (χ0n) is 7.28. The minimum Gasteiger partial charge on any atom is -0.339 e. The summed E-state index contributed by atoms with van der Waals surface area (Å²) < 4.78 is 4.93. The summed E-state index contributed by atoms with van der Waals surface area (Å²) >= 11 is 0. The van der Waals surface area contributed by atoms with E-state index in [1.807, 2.05) is 0 Å². The van der Waals surface area contributed by atoms with Gasteiger partial charge in [-0.3, -0.25) is 0 Å². The molecule has 4 nitrogen and oxygen atoms in total. The molecule has 0 aliphatic heterocycles. The number of aromatic nitrogens is 2. The second kappa shape index (κ2) is 5.11. The van der Waals surface area contributed by atoms with Crippen molar-refractivity contribution in [3.8, 4) is 0 Å². The van der Waals surface area contributed by atoms with Crippen LogP contribution in [0.2, 0.25) is 0 Å². The van der Waals surface area contributed by atoms with E-state index < -0.39 is 0 Å². The van der Waals surface area contributed by atoms with Gasteiger partial charge in [0.05, 0.1) is 6.54 Å². The average molecular weight is 192 g/mol. The maximum atomic E-state index is 5.31. The summed E-state index contributed by atoms with van der Waals surface area (Å²) in [5.41, 5.74) is 5.31. The summed E-state index contributed by atoms with van der Waals surface area (Å²) in [5.74, 6) is 1.81. The lowest BCUT2D eigenvalue weighted by Gasteiger charge is -1.95. The molecule has 0 radical (unpaired) electrons. The van der Waals surface area contributed by atoms with E-state index in [4.69, 9.17) is 10.3 Å². The Balaban J connectivity index is 0.00000121. The van der Waals surface area contributed by atoms with Gasteiger partial charge >= 0.3 is 0 Å². The van der Waals surface area contributed by atoms with Crippen LogP contribution in [0.1, 0.15) is 25.6 Å². The van der Waals surface area contributed by atoms with E-state index in [0.717, 1.165) is 6.42 Å². The average Bonchev–Trinajstić information content (AvgIpc) is 2.34.